The van der Waals surface area contributed by atoms with Crippen LogP contribution in [0.5, 0.6) is 0 Å². The summed E-state index contributed by atoms with van der Waals surface area (Å²) in [4.78, 5) is 24.9. The highest BCUT2D eigenvalue weighted by Crippen LogP contribution is 2.26. The summed E-state index contributed by atoms with van der Waals surface area (Å²) < 4.78 is 31.5. The third kappa shape index (κ3) is 6.48. The van der Waals surface area contributed by atoms with Crippen LogP contribution in [-0.2, 0) is 21.3 Å². The van der Waals surface area contributed by atoms with Crippen LogP contribution < -0.4 is 9.62 Å². The molecule has 0 saturated heterocycles. The number of amides is 1. The topological polar surface area (TPSA) is 92.8 Å². The molecule has 0 bridgehead atoms. The van der Waals surface area contributed by atoms with E-state index < -0.39 is 16.0 Å². The average molecular weight is 495 g/mol. The van der Waals surface area contributed by atoms with Gasteiger partial charge < -0.3 is 10.1 Å². The highest BCUT2D eigenvalue weighted by Gasteiger charge is 2.20. The summed E-state index contributed by atoms with van der Waals surface area (Å²) in [6.45, 7) is 7.77. The minimum atomic E-state index is -3.53. The molecule has 0 heterocycles. The lowest BCUT2D eigenvalue weighted by molar-refractivity contribution is 0.0526. The van der Waals surface area contributed by atoms with E-state index in [9.17, 15) is 18.0 Å². The predicted molar refractivity (Wildman–Crippen MR) is 138 cm³/mol. The molecule has 7 nitrogen and oxygen atoms in total. The van der Waals surface area contributed by atoms with Gasteiger partial charge in [-0.25, -0.2) is 13.2 Å². The summed E-state index contributed by atoms with van der Waals surface area (Å²) >= 11 is 0. The van der Waals surface area contributed by atoms with Crippen molar-refractivity contribution >= 4 is 33.3 Å². The maximum atomic E-state index is 12.8. The lowest BCUT2D eigenvalue weighted by atomic mass is 10.1. The molecule has 1 N–H and O–H groups in total. The van der Waals surface area contributed by atoms with Gasteiger partial charge in [0.25, 0.3) is 5.91 Å². The van der Waals surface area contributed by atoms with Crippen LogP contribution in [0.3, 0.4) is 0 Å². The second-order valence-electron chi connectivity index (χ2n) is 8.46. The van der Waals surface area contributed by atoms with Gasteiger partial charge in [0.15, 0.2) is 0 Å². The summed E-state index contributed by atoms with van der Waals surface area (Å²) in [5.74, 6) is -0.790. The first-order valence-electron chi connectivity index (χ1n) is 11.2. The van der Waals surface area contributed by atoms with Crippen LogP contribution in [0.25, 0.3) is 0 Å². The number of rotatable bonds is 8. The number of hydrogen-bond donors (Lipinski definition) is 1. The Hall–Kier alpha value is -3.65. The van der Waals surface area contributed by atoms with Gasteiger partial charge in [-0.3, -0.25) is 9.10 Å². The van der Waals surface area contributed by atoms with Gasteiger partial charge in [0.1, 0.15) is 0 Å². The molecule has 3 aromatic rings. The Kier molecular flexibility index (Phi) is 7.96. The van der Waals surface area contributed by atoms with Gasteiger partial charge in [-0.05, 0) is 80.3 Å². The number of anilines is 2. The molecular formula is C27H30N2O5S. The van der Waals surface area contributed by atoms with E-state index in [1.807, 2.05) is 39.0 Å². The zero-order valence-electron chi connectivity index (χ0n) is 20.6. The number of nitrogens with one attached hydrogen (secondary N) is 1. The monoisotopic (exact) mass is 494 g/mol. The van der Waals surface area contributed by atoms with Crippen LogP contribution in [0.1, 0.15) is 49.9 Å². The first kappa shape index (κ1) is 26.0. The molecule has 0 spiro atoms. The van der Waals surface area contributed by atoms with E-state index in [4.69, 9.17) is 4.74 Å². The molecule has 0 saturated carbocycles. The van der Waals surface area contributed by atoms with Gasteiger partial charge >= 0.3 is 5.97 Å². The van der Waals surface area contributed by atoms with E-state index in [1.165, 1.54) is 10.6 Å². The number of esters is 1. The van der Waals surface area contributed by atoms with E-state index in [0.29, 0.717) is 22.5 Å². The Morgan fingerprint density at radius 1 is 0.886 bits per heavy atom. The molecule has 184 valence electrons. The van der Waals surface area contributed by atoms with Crippen LogP contribution in [0.15, 0.2) is 60.7 Å². The number of carbonyl (C=O) groups is 2. The van der Waals surface area contributed by atoms with Crippen molar-refractivity contribution in [2.75, 3.05) is 22.5 Å². The average Bonchev–Trinajstić information content (AvgIpc) is 2.80. The van der Waals surface area contributed by atoms with Gasteiger partial charge in [0.05, 0.1) is 30.7 Å². The van der Waals surface area contributed by atoms with Crippen molar-refractivity contribution in [3.8, 4) is 0 Å². The smallest absolute Gasteiger partial charge is 0.338 e. The zero-order valence-corrected chi connectivity index (χ0v) is 21.4. The fourth-order valence-corrected chi connectivity index (χ4v) is 4.53. The number of carbonyl (C=O) groups excluding carboxylic acids is 2. The highest BCUT2D eigenvalue weighted by molar-refractivity contribution is 7.92. The molecule has 0 atom stereocenters. The van der Waals surface area contributed by atoms with Gasteiger partial charge in [0, 0.05) is 11.3 Å². The molecule has 3 aromatic carbocycles. The SMILES string of the molecule is CCOC(=O)c1ccc(C)c(NC(=O)c2ccc(CN(c3cc(C)ccc3C)S(C)(=O)=O)cc2)c1. The number of ether oxygens (including phenoxy) is 1. The van der Waals surface area contributed by atoms with Gasteiger partial charge in [0.2, 0.25) is 10.0 Å². The number of benzene rings is 3. The molecule has 0 aliphatic carbocycles. The quantitative estimate of drug-likeness (QED) is 0.445. The predicted octanol–water partition coefficient (Wildman–Crippen LogP) is 5.01. The lowest BCUT2D eigenvalue weighted by Gasteiger charge is -2.25. The third-order valence-corrected chi connectivity index (χ3v) is 6.70. The van der Waals surface area contributed by atoms with Gasteiger partial charge in [-0.1, -0.05) is 30.3 Å². The largest absolute Gasteiger partial charge is 0.462 e. The van der Waals surface area contributed by atoms with Gasteiger partial charge in [-0.15, -0.1) is 0 Å². The van der Waals surface area contributed by atoms with Crippen molar-refractivity contribution in [1.82, 2.24) is 0 Å². The summed E-state index contributed by atoms with van der Waals surface area (Å²) in [6, 6.07) is 17.5. The Morgan fingerprint density at radius 3 is 2.14 bits per heavy atom. The van der Waals surface area contributed by atoms with Crippen molar-refractivity contribution in [2.45, 2.75) is 34.2 Å². The minimum absolute atomic E-state index is 0.145. The fraction of sp³-hybridized carbons (Fsp3) is 0.259. The molecule has 0 radical (unpaired) electrons. The molecular weight excluding hydrogens is 464 g/mol. The molecule has 8 heteroatoms. The molecule has 0 aliphatic rings. The minimum Gasteiger partial charge on any atom is -0.462 e. The highest BCUT2D eigenvalue weighted by atomic mass is 32.2. The molecule has 0 aromatic heterocycles. The number of nitrogens with zero attached hydrogens (tertiary/aromatic N) is 1. The van der Waals surface area contributed by atoms with Crippen LogP contribution in [0.4, 0.5) is 11.4 Å². The van der Waals surface area contributed by atoms with Crippen molar-refractivity contribution in [1.29, 1.82) is 0 Å². The van der Waals surface area contributed by atoms with Crippen molar-refractivity contribution in [3.05, 3.63) is 94.0 Å². The summed E-state index contributed by atoms with van der Waals surface area (Å²) in [5, 5.41) is 2.83. The molecule has 35 heavy (non-hydrogen) atoms. The summed E-state index contributed by atoms with van der Waals surface area (Å²) in [5.41, 5.74) is 5.29. The normalized spacial score (nSPS) is 11.1. The van der Waals surface area contributed by atoms with E-state index in [1.54, 1.807) is 49.4 Å². The summed E-state index contributed by atoms with van der Waals surface area (Å²) in [7, 11) is -3.53. The Morgan fingerprint density at radius 2 is 1.51 bits per heavy atom. The zero-order chi connectivity index (χ0) is 25.8. The van der Waals surface area contributed by atoms with E-state index >= 15 is 0 Å². The maximum absolute atomic E-state index is 12.8. The first-order chi connectivity index (χ1) is 16.5. The lowest BCUT2D eigenvalue weighted by Crippen LogP contribution is -2.30. The van der Waals surface area contributed by atoms with Crippen molar-refractivity contribution in [3.63, 3.8) is 0 Å². The standard InChI is InChI=1S/C27H30N2O5S/c1-6-34-27(31)23-12-9-19(3)24(16-23)28-26(30)22-13-10-21(11-14-22)17-29(35(5,32)33)25-15-18(2)7-8-20(25)4/h7-16H,6,17H2,1-5H3,(H,28,30). The molecule has 3 rings (SSSR count). The van der Waals surface area contributed by atoms with E-state index in [2.05, 4.69) is 5.32 Å². The second kappa shape index (κ2) is 10.7. The number of sulfonamides is 1. The van der Waals surface area contributed by atoms with Crippen LogP contribution in [-0.4, -0.2) is 33.2 Å². The van der Waals surface area contributed by atoms with Crippen LogP contribution >= 0.6 is 0 Å². The molecule has 0 aliphatic heterocycles. The Bertz CT molecular complexity index is 1350. The Balaban J connectivity index is 1.79. The second-order valence-corrected chi connectivity index (χ2v) is 10.4. The van der Waals surface area contributed by atoms with Crippen molar-refractivity contribution in [2.24, 2.45) is 0 Å². The third-order valence-electron chi connectivity index (χ3n) is 5.57. The van der Waals surface area contributed by atoms with Crippen LogP contribution in [0, 0.1) is 20.8 Å². The first-order valence-corrected chi connectivity index (χ1v) is 13.1. The Labute approximate surface area is 206 Å². The molecule has 0 unspecified atom stereocenters. The van der Waals surface area contributed by atoms with Crippen LogP contribution in [0.2, 0.25) is 0 Å². The number of aryl methyl sites for hydroxylation is 3. The summed E-state index contributed by atoms with van der Waals surface area (Å²) in [6.07, 6.45) is 1.18. The fourth-order valence-electron chi connectivity index (χ4n) is 3.59. The van der Waals surface area contributed by atoms with E-state index in [0.717, 1.165) is 22.3 Å². The van der Waals surface area contributed by atoms with Gasteiger partial charge in [-0.2, -0.15) is 0 Å². The molecule has 0 fully saturated rings. The molecule has 1 amide bonds. The maximum Gasteiger partial charge on any atom is 0.338 e. The number of hydrogen-bond acceptors (Lipinski definition) is 5. The van der Waals surface area contributed by atoms with E-state index in [-0.39, 0.29) is 19.1 Å². The van der Waals surface area contributed by atoms with Crippen molar-refractivity contribution < 1.29 is 22.7 Å².